The zero-order valence-electron chi connectivity index (χ0n) is 10.8. The van der Waals surface area contributed by atoms with Crippen molar-refractivity contribution in [2.24, 2.45) is 5.10 Å². The first kappa shape index (κ1) is 14.0. The van der Waals surface area contributed by atoms with Gasteiger partial charge in [0.15, 0.2) is 0 Å². The van der Waals surface area contributed by atoms with Crippen LogP contribution in [0.15, 0.2) is 46.9 Å². The molecule has 2 N–H and O–H groups in total. The van der Waals surface area contributed by atoms with Crippen molar-refractivity contribution >= 4 is 35.1 Å². The Morgan fingerprint density at radius 3 is 2.75 bits per heavy atom. The van der Waals surface area contributed by atoms with Crippen LogP contribution in [0.5, 0.6) is 0 Å². The standard InChI is InChI=1S/C14H13N3O2S/c1-10-4-2-5-11(8-10)16-13(18)14(19)17-15-9-12-6-3-7-20-12/h2-9H,1H3,(H,16,18)(H,17,19). The molecular formula is C14H13N3O2S. The summed E-state index contributed by atoms with van der Waals surface area (Å²) in [6, 6.07) is 10.9. The molecule has 20 heavy (non-hydrogen) atoms. The second kappa shape index (κ2) is 6.63. The van der Waals surface area contributed by atoms with Crippen molar-refractivity contribution in [3.05, 3.63) is 52.2 Å². The largest absolute Gasteiger partial charge is 0.329 e. The van der Waals surface area contributed by atoms with E-state index in [9.17, 15) is 9.59 Å². The molecule has 0 radical (unpaired) electrons. The number of anilines is 1. The Balaban J connectivity index is 1.87. The van der Waals surface area contributed by atoms with Gasteiger partial charge < -0.3 is 5.32 Å². The van der Waals surface area contributed by atoms with Crippen molar-refractivity contribution in [3.63, 3.8) is 0 Å². The van der Waals surface area contributed by atoms with Crippen molar-refractivity contribution in [3.8, 4) is 0 Å². The summed E-state index contributed by atoms with van der Waals surface area (Å²) in [6.45, 7) is 1.90. The van der Waals surface area contributed by atoms with Crippen LogP contribution in [0.2, 0.25) is 0 Å². The van der Waals surface area contributed by atoms with E-state index < -0.39 is 11.8 Å². The van der Waals surface area contributed by atoms with Crippen LogP contribution in [-0.2, 0) is 9.59 Å². The van der Waals surface area contributed by atoms with Gasteiger partial charge in [-0.3, -0.25) is 9.59 Å². The van der Waals surface area contributed by atoms with E-state index in [2.05, 4.69) is 15.8 Å². The Morgan fingerprint density at radius 2 is 2.05 bits per heavy atom. The lowest BCUT2D eigenvalue weighted by Crippen LogP contribution is -2.32. The van der Waals surface area contributed by atoms with Gasteiger partial charge in [-0.05, 0) is 36.1 Å². The lowest BCUT2D eigenvalue weighted by Gasteiger charge is -2.04. The molecule has 2 amide bonds. The first-order chi connectivity index (χ1) is 9.65. The number of rotatable bonds is 3. The van der Waals surface area contributed by atoms with Crippen LogP contribution in [0.4, 0.5) is 5.69 Å². The van der Waals surface area contributed by atoms with Crippen molar-refractivity contribution in [2.75, 3.05) is 5.32 Å². The summed E-state index contributed by atoms with van der Waals surface area (Å²) in [5, 5.41) is 8.12. The summed E-state index contributed by atoms with van der Waals surface area (Å²) < 4.78 is 0. The third kappa shape index (κ3) is 4.03. The van der Waals surface area contributed by atoms with Crippen molar-refractivity contribution in [1.29, 1.82) is 0 Å². The van der Waals surface area contributed by atoms with E-state index in [-0.39, 0.29) is 0 Å². The Kier molecular flexibility index (Phi) is 4.62. The maximum absolute atomic E-state index is 11.6. The minimum Gasteiger partial charge on any atom is -0.318 e. The molecule has 0 spiro atoms. The first-order valence-electron chi connectivity index (χ1n) is 5.90. The van der Waals surface area contributed by atoms with Crippen LogP contribution in [0.25, 0.3) is 0 Å². The van der Waals surface area contributed by atoms with Crippen LogP contribution in [0, 0.1) is 6.92 Å². The molecule has 2 aromatic rings. The van der Waals surface area contributed by atoms with Gasteiger partial charge in [0.2, 0.25) is 0 Å². The van der Waals surface area contributed by atoms with E-state index in [1.807, 2.05) is 30.5 Å². The number of benzene rings is 1. The summed E-state index contributed by atoms with van der Waals surface area (Å²) in [4.78, 5) is 24.0. The first-order valence-corrected chi connectivity index (χ1v) is 6.77. The van der Waals surface area contributed by atoms with Gasteiger partial charge in [0.05, 0.1) is 6.21 Å². The minimum atomic E-state index is -0.806. The smallest absolute Gasteiger partial charge is 0.318 e. The molecule has 0 aliphatic heterocycles. The molecular weight excluding hydrogens is 274 g/mol. The van der Waals surface area contributed by atoms with E-state index in [1.165, 1.54) is 17.6 Å². The lowest BCUT2D eigenvalue weighted by atomic mass is 10.2. The summed E-state index contributed by atoms with van der Waals surface area (Å²) >= 11 is 1.49. The number of hydrogen-bond donors (Lipinski definition) is 2. The monoisotopic (exact) mass is 287 g/mol. The Labute approximate surface area is 120 Å². The molecule has 0 atom stereocenters. The van der Waals surface area contributed by atoms with Gasteiger partial charge in [-0.25, -0.2) is 5.43 Å². The summed E-state index contributed by atoms with van der Waals surface area (Å²) in [6.07, 6.45) is 1.49. The lowest BCUT2D eigenvalue weighted by molar-refractivity contribution is -0.136. The van der Waals surface area contributed by atoms with E-state index in [1.54, 1.807) is 18.2 Å². The highest BCUT2D eigenvalue weighted by Crippen LogP contribution is 2.09. The number of thiophene rings is 1. The maximum atomic E-state index is 11.6. The number of aryl methyl sites for hydroxylation is 1. The van der Waals surface area contributed by atoms with Crippen molar-refractivity contribution < 1.29 is 9.59 Å². The molecule has 2 rings (SSSR count). The van der Waals surface area contributed by atoms with Crippen LogP contribution in [0.1, 0.15) is 10.4 Å². The molecule has 0 bridgehead atoms. The molecule has 5 nitrogen and oxygen atoms in total. The Hall–Kier alpha value is -2.47. The molecule has 1 aromatic heterocycles. The average molecular weight is 287 g/mol. The number of hydrogen-bond acceptors (Lipinski definition) is 4. The topological polar surface area (TPSA) is 70.6 Å². The zero-order valence-corrected chi connectivity index (χ0v) is 11.6. The highest BCUT2D eigenvalue weighted by atomic mass is 32.1. The number of amides is 2. The van der Waals surface area contributed by atoms with Gasteiger partial charge in [0.25, 0.3) is 0 Å². The number of nitrogens with one attached hydrogen (secondary N) is 2. The van der Waals surface area contributed by atoms with Gasteiger partial charge in [0.1, 0.15) is 0 Å². The molecule has 6 heteroatoms. The number of carbonyl (C=O) groups excluding carboxylic acids is 2. The number of carbonyl (C=O) groups is 2. The Bertz CT molecular complexity index is 636. The van der Waals surface area contributed by atoms with Gasteiger partial charge >= 0.3 is 11.8 Å². The van der Waals surface area contributed by atoms with Gasteiger partial charge in [-0.2, -0.15) is 5.10 Å². The molecule has 1 heterocycles. The van der Waals surface area contributed by atoms with Crippen LogP contribution >= 0.6 is 11.3 Å². The third-order valence-electron chi connectivity index (χ3n) is 2.38. The predicted molar refractivity (Wildman–Crippen MR) is 79.9 cm³/mol. The van der Waals surface area contributed by atoms with Gasteiger partial charge in [0, 0.05) is 10.6 Å². The fraction of sp³-hybridized carbons (Fsp3) is 0.0714. The molecule has 0 aliphatic rings. The van der Waals surface area contributed by atoms with Crippen LogP contribution in [0.3, 0.4) is 0 Å². The minimum absolute atomic E-state index is 0.576. The fourth-order valence-corrected chi connectivity index (χ4v) is 2.07. The number of nitrogens with zero attached hydrogens (tertiary/aromatic N) is 1. The second-order valence-electron chi connectivity index (χ2n) is 4.04. The van der Waals surface area contributed by atoms with E-state index >= 15 is 0 Å². The average Bonchev–Trinajstić information content (AvgIpc) is 2.91. The Morgan fingerprint density at radius 1 is 1.20 bits per heavy atom. The predicted octanol–water partition coefficient (Wildman–Crippen LogP) is 2.15. The SMILES string of the molecule is Cc1cccc(NC(=O)C(=O)NN=Cc2cccs2)c1. The van der Waals surface area contributed by atoms with Crippen LogP contribution < -0.4 is 10.7 Å². The maximum Gasteiger partial charge on any atom is 0.329 e. The summed E-state index contributed by atoms with van der Waals surface area (Å²) in [7, 11) is 0. The quantitative estimate of drug-likeness (QED) is 0.516. The zero-order chi connectivity index (χ0) is 14.4. The van der Waals surface area contributed by atoms with E-state index in [0.29, 0.717) is 5.69 Å². The van der Waals surface area contributed by atoms with Gasteiger partial charge in [-0.1, -0.05) is 18.2 Å². The van der Waals surface area contributed by atoms with Crippen molar-refractivity contribution in [2.45, 2.75) is 6.92 Å². The normalized spacial score (nSPS) is 10.4. The highest BCUT2D eigenvalue weighted by molar-refractivity contribution is 7.11. The third-order valence-corrected chi connectivity index (χ3v) is 3.19. The van der Waals surface area contributed by atoms with E-state index in [0.717, 1.165) is 10.4 Å². The van der Waals surface area contributed by atoms with Crippen molar-refractivity contribution in [1.82, 2.24) is 5.43 Å². The summed E-state index contributed by atoms with van der Waals surface area (Å²) in [5.74, 6) is -1.56. The van der Waals surface area contributed by atoms with Crippen LogP contribution in [-0.4, -0.2) is 18.0 Å². The molecule has 0 aliphatic carbocycles. The van der Waals surface area contributed by atoms with E-state index in [4.69, 9.17) is 0 Å². The molecule has 102 valence electrons. The molecule has 1 aromatic carbocycles. The number of hydrazone groups is 1. The summed E-state index contributed by atoms with van der Waals surface area (Å²) in [5.41, 5.74) is 3.76. The molecule has 0 saturated heterocycles. The fourth-order valence-electron chi connectivity index (χ4n) is 1.48. The second-order valence-corrected chi connectivity index (χ2v) is 5.02. The molecule has 0 saturated carbocycles. The highest BCUT2D eigenvalue weighted by Gasteiger charge is 2.12. The molecule has 0 fully saturated rings. The molecule has 0 unspecified atom stereocenters. The van der Waals surface area contributed by atoms with Gasteiger partial charge in [-0.15, -0.1) is 11.3 Å².